The zero-order valence-corrected chi connectivity index (χ0v) is 12.6. The molecule has 2 rings (SSSR count). The second-order valence-electron chi connectivity index (χ2n) is 5.06. The van der Waals surface area contributed by atoms with Crippen LogP contribution < -0.4 is 10.2 Å². The molecule has 0 unspecified atom stereocenters. The summed E-state index contributed by atoms with van der Waals surface area (Å²) in [5, 5.41) is 14.2. The van der Waals surface area contributed by atoms with E-state index in [4.69, 9.17) is 0 Å². The van der Waals surface area contributed by atoms with Gasteiger partial charge in [0.1, 0.15) is 0 Å². The minimum Gasteiger partial charge on any atom is -0.379 e. The number of nitrogens with one attached hydrogen (secondary N) is 1. The van der Waals surface area contributed by atoms with Crippen LogP contribution in [0.5, 0.6) is 0 Å². The summed E-state index contributed by atoms with van der Waals surface area (Å²) in [6.45, 7) is 2.30. The van der Waals surface area contributed by atoms with Crippen molar-refractivity contribution in [2.24, 2.45) is 7.05 Å². The maximum atomic E-state index is 10.9. The van der Waals surface area contributed by atoms with Gasteiger partial charge in [0.15, 0.2) is 0 Å². The molecule has 1 N–H and O–H groups in total. The minimum absolute atomic E-state index is 0.124. The van der Waals surface area contributed by atoms with E-state index in [9.17, 15) is 10.1 Å². The lowest BCUT2D eigenvalue weighted by Gasteiger charge is -2.14. The minimum atomic E-state index is -0.366. The van der Waals surface area contributed by atoms with Gasteiger partial charge in [-0.1, -0.05) is 6.07 Å². The maximum absolute atomic E-state index is 10.9. The molecule has 0 radical (unpaired) electrons. The standard InChI is InChI=1S/C14H19N5O2/c1-10-12(6-5-7-13(10)19(20)21)15-8-11-9-16-14(17(2)3)18(11)4/h5-7,9,15H,8H2,1-4H3. The number of hydrogen-bond donors (Lipinski definition) is 1. The van der Waals surface area contributed by atoms with Gasteiger partial charge in [0.2, 0.25) is 5.95 Å². The van der Waals surface area contributed by atoms with Gasteiger partial charge in [0.05, 0.1) is 23.4 Å². The molecule has 0 amide bonds. The number of benzene rings is 1. The summed E-state index contributed by atoms with van der Waals surface area (Å²) in [7, 11) is 5.81. The number of rotatable bonds is 5. The molecule has 21 heavy (non-hydrogen) atoms. The first-order valence-corrected chi connectivity index (χ1v) is 6.57. The molecule has 0 spiro atoms. The second-order valence-corrected chi connectivity index (χ2v) is 5.06. The smallest absolute Gasteiger partial charge is 0.274 e. The summed E-state index contributed by atoms with van der Waals surface area (Å²) < 4.78 is 1.99. The van der Waals surface area contributed by atoms with Gasteiger partial charge < -0.3 is 14.8 Å². The van der Waals surface area contributed by atoms with Gasteiger partial charge in [-0.3, -0.25) is 10.1 Å². The normalized spacial score (nSPS) is 10.5. The van der Waals surface area contributed by atoms with Crippen LogP contribution in [0, 0.1) is 17.0 Å². The number of nitrogens with zero attached hydrogens (tertiary/aromatic N) is 4. The lowest BCUT2D eigenvalue weighted by molar-refractivity contribution is -0.385. The van der Waals surface area contributed by atoms with E-state index < -0.39 is 0 Å². The van der Waals surface area contributed by atoms with Crippen LogP contribution >= 0.6 is 0 Å². The molecule has 7 heteroatoms. The van der Waals surface area contributed by atoms with Gasteiger partial charge in [-0.2, -0.15) is 0 Å². The second kappa shape index (κ2) is 5.82. The van der Waals surface area contributed by atoms with Crippen molar-refractivity contribution in [3.63, 3.8) is 0 Å². The lowest BCUT2D eigenvalue weighted by atomic mass is 10.1. The Labute approximate surface area is 123 Å². The van der Waals surface area contributed by atoms with Crippen molar-refractivity contribution in [1.82, 2.24) is 9.55 Å². The number of nitro groups is 1. The fourth-order valence-corrected chi connectivity index (χ4v) is 2.21. The topological polar surface area (TPSA) is 76.2 Å². The van der Waals surface area contributed by atoms with Gasteiger partial charge in [0.25, 0.3) is 5.69 Å². The molecule has 1 aromatic carbocycles. The summed E-state index contributed by atoms with van der Waals surface area (Å²) in [6, 6.07) is 5.03. The molecular weight excluding hydrogens is 270 g/mol. The van der Waals surface area contributed by atoms with Crippen molar-refractivity contribution in [2.45, 2.75) is 13.5 Å². The molecule has 112 valence electrons. The van der Waals surface area contributed by atoms with Crippen molar-refractivity contribution in [3.8, 4) is 0 Å². The molecule has 0 aliphatic rings. The van der Waals surface area contributed by atoms with Gasteiger partial charge in [-0.15, -0.1) is 0 Å². The van der Waals surface area contributed by atoms with Gasteiger partial charge >= 0.3 is 0 Å². The Morgan fingerprint density at radius 3 is 2.71 bits per heavy atom. The third-order valence-electron chi connectivity index (χ3n) is 3.42. The van der Waals surface area contributed by atoms with Crippen molar-refractivity contribution >= 4 is 17.3 Å². The van der Waals surface area contributed by atoms with Crippen LogP contribution in [0.3, 0.4) is 0 Å². The van der Waals surface area contributed by atoms with E-state index in [2.05, 4.69) is 10.3 Å². The Hall–Kier alpha value is -2.57. The molecule has 0 saturated carbocycles. The van der Waals surface area contributed by atoms with E-state index in [0.29, 0.717) is 12.1 Å². The van der Waals surface area contributed by atoms with Crippen molar-refractivity contribution in [2.75, 3.05) is 24.3 Å². The molecule has 1 heterocycles. The van der Waals surface area contributed by atoms with E-state index in [1.807, 2.05) is 36.7 Å². The highest BCUT2D eigenvalue weighted by Crippen LogP contribution is 2.25. The summed E-state index contributed by atoms with van der Waals surface area (Å²) >= 11 is 0. The van der Waals surface area contributed by atoms with Crippen LogP contribution in [0.15, 0.2) is 24.4 Å². The van der Waals surface area contributed by atoms with Gasteiger partial charge in [-0.25, -0.2) is 4.98 Å². The molecule has 0 fully saturated rings. The Morgan fingerprint density at radius 2 is 2.14 bits per heavy atom. The number of imidazole rings is 1. The van der Waals surface area contributed by atoms with Crippen LogP contribution in [0.1, 0.15) is 11.3 Å². The van der Waals surface area contributed by atoms with Crippen molar-refractivity contribution < 1.29 is 4.92 Å². The van der Waals surface area contributed by atoms with Gasteiger partial charge in [0, 0.05) is 38.5 Å². The zero-order chi connectivity index (χ0) is 15.6. The SMILES string of the molecule is Cc1c(NCc2cnc(N(C)C)n2C)cccc1[N+](=O)[O-]. The number of hydrogen-bond acceptors (Lipinski definition) is 5. The third kappa shape index (κ3) is 2.96. The van der Waals surface area contributed by atoms with E-state index in [1.54, 1.807) is 19.2 Å². The van der Waals surface area contributed by atoms with Crippen molar-refractivity contribution in [3.05, 3.63) is 45.8 Å². The lowest BCUT2D eigenvalue weighted by Crippen LogP contribution is -2.15. The van der Waals surface area contributed by atoms with Crippen LogP contribution in [-0.4, -0.2) is 28.6 Å². The van der Waals surface area contributed by atoms with Crippen LogP contribution in [-0.2, 0) is 13.6 Å². The highest BCUT2D eigenvalue weighted by Gasteiger charge is 2.14. The highest BCUT2D eigenvalue weighted by molar-refractivity contribution is 5.59. The van der Waals surface area contributed by atoms with Crippen molar-refractivity contribution in [1.29, 1.82) is 0 Å². The summed E-state index contributed by atoms with van der Waals surface area (Å²) in [4.78, 5) is 16.8. The predicted molar refractivity (Wildman–Crippen MR) is 82.7 cm³/mol. The Balaban J connectivity index is 2.17. The van der Waals surface area contributed by atoms with E-state index >= 15 is 0 Å². The van der Waals surface area contributed by atoms with Crippen LogP contribution in [0.25, 0.3) is 0 Å². The Bertz CT molecular complexity index is 663. The largest absolute Gasteiger partial charge is 0.379 e. The van der Waals surface area contributed by atoms with E-state index in [0.717, 1.165) is 17.3 Å². The quantitative estimate of drug-likeness (QED) is 0.675. The van der Waals surface area contributed by atoms with Gasteiger partial charge in [-0.05, 0) is 13.0 Å². The van der Waals surface area contributed by atoms with Crippen LogP contribution in [0.2, 0.25) is 0 Å². The van der Waals surface area contributed by atoms with E-state index in [1.165, 1.54) is 6.07 Å². The fraction of sp³-hybridized carbons (Fsp3) is 0.357. The number of aromatic nitrogens is 2. The molecule has 0 atom stereocenters. The number of anilines is 2. The first kappa shape index (κ1) is 14.8. The van der Waals surface area contributed by atoms with Crippen LogP contribution in [0.4, 0.5) is 17.3 Å². The van der Waals surface area contributed by atoms with E-state index in [-0.39, 0.29) is 10.6 Å². The molecule has 0 aliphatic heterocycles. The molecular formula is C14H19N5O2. The predicted octanol–water partition coefficient (Wildman–Crippen LogP) is 2.31. The summed E-state index contributed by atoms with van der Waals surface area (Å²) in [6.07, 6.45) is 1.80. The number of nitro benzene ring substituents is 1. The zero-order valence-electron chi connectivity index (χ0n) is 12.6. The summed E-state index contributed by atoms with van der Waals surface area (Å²) in [5.41, 5.74) is 2.53. The average molecular weight is 289 g/mol. The first-order chi connectivity index (χ1) is 9.91. The molecule has 0 aliphatic carbocycles. The third-order valence-corrected chi connectivity index (χ3v) is 3.42. The molecule has 0 saturated heterocycles. The monoisotopic (exact) mass is 289 g/mol. The molecule has 7 nitrogen and oxygen atoms in total. The molecule has 2 aromatic rings. The molecule has 0 bridgehead atoms. The molecule has 1 aromatic heterocycles. The summed E-state index contributed by atoms with van der Waals surface area (Å²) in [5.74, 6) is 0.863. The fourth-order valence-electron chi connectivity index (χ4n) is 2.21. The maximum Gasteiger partial charge on any atom is 0.274 e. The Kier molecular flexibility index (Phi) is 4.11. The average Bonchev–Trinajstić information content (AvgIpc) is 2.78. The highest BCUT2D eigenvalue weighted by atomic mass is 16.6. The Morgan fingerprint density at radius 1 is 1.43 bits per heavy atom. The first-order valence-electron chi connectivity index (χ1n) is 6.57.